The quantitative estimate of drug-likeness (QED) is 0.573. The van der Waals surface area contributed by atoms with E-state index >= 15 is 0 Å². The van der Waals surface area contributed by atoms with Gasteiger partial charge in [-0.05, 0) is 29.8 Å². The largest absolute Gasteiger partial charge is 0.399 e. The van der Waals surface area contributed by atoms with Gasteiger partial charge in [-0.3, -0.25) is 0 Å². The van der Waals surface area contributed by atoms with E-state index in [1.54, 1.807) is 11.3 Å². The monoisotopic (exact) mass is 292 g/mol. The van der Waals surface area contributed by atoms with E-state index in [1.807, 2.05) is 59.5 Å². The smallest absolute Gasteiger partial charge is 0.211 e. The lowest BCUT2D eigenvalue weighted by atomic mass is 10.1. The van der Waals surface area contributed by atoms with Gasteiger partial charge in [0.05, 0.1) is 16.4 Å². The molecule has 0 fully saturated rings. The van der Waals surface area contributed by atoms with E-state index in [2.05, 4.69) is 16.1 Å². The number of nitrogen functional groups attached to an aromatic ring is 1. The molecule has 2 heterocycles. The minimum atomic E-state index is 0.750. The number of hydrogen-bond donors (Lipinski definition) is 1. The molecule has 4 rings (SSSR count). The summed E-state index contributed by atoms with van der Waals surface area (Å²) in [6, 6.07) is 15.9. The molecule has 5 heteroatoms. The van der Waals surface area contributed by atoms with E-state index < -0.39 is 0 Å². The highest BCUT2D eigenvalue weighted by atomic mass is 32.1. The molecule has 0 aliphatic rings. The number of rotatable bonds is 2. The SMILES string of the molecule is Nc1cccc(-c2cnn(-c3nc4ccccc4s3)c2)c1. The number of fused-ring (bicyclic) bond motifs is 1. The van der Waals surface area contributed by atoms with E-state index in [0.717, 1.165) is 32.2 Å². The molecular weight excluding hydrogens is 280 g/mol. The lowest BCUT2D eigenvalue weighted by Crippen LogP contribution is -1.91. The van der Waals surface area contributed by atoms with Crippen molar-refractivity contribution in [2.45, 2.75) is 0 Å². The number of para-hydroxylation sites is 1. The molecule has 0 unspecified atom stereocenters. The number of hydrogen-bond acceptors (Lipinski definition) is 4. The molecule has 2 aromatic heterocycles. The number of aromatic nitrogens is 3. The van der Waals surface area contributed by atoms with E-state index in [1.165, 1.54) is 0 Å². The van der Waals surface area contributed by atoms with Crippen LogP contribution in [-0.2, 0) is 0 Å². The summed E-state index contributed by atoms with van der Waals surface area (Å²) in [5.74, 6) is 0. The van der Waals surface area contributed by atoms with Crippen LogP contribution in [0.15, 0.2) is 60.9 Å². The molecule has 0 amide bonds. The minimum absolute atomic E-state index is 0.750. The van der Waals surface area contributed by atoms with Gasteiger partial charge in [0.1, 0.15) is 0 Å². The highest BCUT2D eigenvalue weighted by molar-refractivity contribution is 7.20. The van der Waals surface area contributed by atoms with Crippen LogP contribution >= 0.6 is 11.3 Å². The topological polar surface area (TPSA) is 56.7 Å². The summed E-state index contributed by atoms with van der Waals surface area (Å²) in [5, 5.41) is 5.28. The fraction of sp³-hybridized carbons (Fsp3) is 0. The van der Waals surface area contributed by atoms with Gasteiger partial charge in [0.25, 0.3) is 0 Å². The van der Waals surface area contributed by atoms with E-state index in [-0.39, 0.29) is 0 Å². The first kappa shape index (κ1) is 12.1. The van der Waals surface area contributed by atoms with Crippen LogP contribution in [0.25, 0.3) is 26.5 Å². The maximum atomic E-state index is 5.83. The number of anilines is 1. The molecule has 0 saturated heterocycles. The fourth-order valence-corrected chi connectivity index (χ4v) is 3.15. The Morgan fingerprint density at radius 2 is 1.90 bits per heavy atom. The number of nitrogens with two attached hydrogens (primary N) is 1. The van der Waals surface area contributed by atoms with E-state index in [4.69, 9.17) is 5.73 Å². The summed E-state index contributed by atoms with van der Waals surface area (Å²) < 4.78 is 2.97. The Kier molecular flexibility index (Phi) is 2.72. The van der Waals surface area contributed by atoms with E-state index in [9.17, 15) is 0 Å². The summed E-state index contributed by atoms with van der Waals surface area (Å²) in [7, 11) is 0. The summed E-state index contributed by atoms with van der Waals surface area (Å²) in [5.41, 5.74) is 9.66. The lowest BCUT2D eigenvalue weighted by Gasteiger charge is -1.98. The van der Waals surface area contributed by atoms with Crippen LogP contribution in [0.3, 0.4) is 0 Å². The summed E-state index contributed by atoms with van der Waals surface area (Å²) in [4.78, 5) is 4.60. The van der Waals surface area contributed by atoms with Gasteiger partial charge in [-0.1, -0.05) is 35.6 Å². The summed E-state index contributed by atoms with van der Waals surface area (Å²) >= 11 is 1.63. The van der Waals surface area contributed by atoms with Crippen molar-refractivity contribution in [1.29, 1.82) is 0 Å². The molecule has 0 bridgehead atoms. The number of nitrogens with zero attached hydrogens (tertiary/aromatic N) is 3. The maximum absolute atomic E-state index is 5.83. The Hall–Kier alpha value is -2.66. The van der Waals surface area contributed by atoms with Crippen LogP contribution in [0, 0.1) is 0 Å². The van der Waals surface area contributed by atoms with E-state index in [0.29, 0.717) is 0 Å². The zero-order valence-corrected chi connectivity index (χ0v) is 11.9. The Morgan fingerprint density at radius 1 is 1.00 bits per heavy atom. The van der Waals surface area contributed by atoms with Crippen molar-refractivity contribution in [1.82, 2.24) is 14.8 Å². The van der Waals surface area contributed by atoms with Crippen LogP contribution in [-0.4, -0.2) is 14.8 Å². The van der Waals surface area contributed by atoms with Crippen LogP contribution < -0.4 is 5.73 Å². The summed E-state index contributed by atoms with van der Waals surface area (Å²) in [6.45, 7) is 0. The molecule has 102 valence electrons. The molecule has 2 aromatic carbocycles. The number of benzene rings is 2. The van der Waals surface area contributed by atoms with Gasteiger partial charge in [-0.2, -0.15) is 5.10 Å². The molecule has 2 N–H and O–H groups in total. The first-order chi connectivity index (χ1) is 10.3. The predicted molar refractivity (Wildman–Crippen MR) is 86.6 cm³/mol. The van der Waals surface area contributed by atoms with Crippen LogP contribution in [0.2, 0.25) is 0 Å². The maximum Gasteiger partial charge on any atom is 0.211 e. The number of thiazole rings is 1. The fourth-order valence-electron chi connectivity index (χ4n) is 2.25. The average Bonchev–Trinajstić information content (AvgIpc) is 3.14. The third-order valence-electron chi connectivity index (χ3n) is 3.28. The molecule has 0 aliphatic heterocycles. The van der Waals surface area contributed by atoms with Crippen LogP contribution in [0.4, 0.5) is 5.69 Å². The van der Waals surface area contributed by atoms with Crippen molar-refractivity contribution in [2.24, 2.45) is 0 Å². The molecule has 0 radical (unpaired) electrons. The molecule has 0 spiro atoms. The van der Waals surface area contributed by atoms with Crippen LogP contribution in [0.1, 0.15) is 0 Å². The third-order valence-corrected chi connectivity index (χ3v) is 4.31. The van der Waals surface area contributed by atoms with Crippen molar-refractivity contribution < 1.29 is 0 Å². The van der Waals surface area contributed by atoms with Crippen LogP contribution in [0.5, 0.6) is 0 Å². The van der Waals surface area contributed by atoms with Crippen molar-refractivity contribution in [3.63, 3.8) is 0 Å². The molecule has 4 aromatic rings. The molecular formula is C16H12N4S. The minimum Gasteiger partial charge on any atom is -0.399 e. The molecule has 0 aliphatic carbocycles. The normalized spacial score (nSPS) is 11.0. The van der Waals surface area contributed by atoms with Crippen molar-refractivity contribution in [3.8, 4) is 16.3 Å². The second-order valence-corrected chi connectivity index (χ2v) is 5.77. The van der Waals surface area contributed by atoms with Gasteiger partial charge in [0.15, 0.2) is 0 Å². The zero-order chi connectivity index (χ0) is 14.2. The molecule has 0 atom stereocenters. The third kappa shape index (κ3) is 2.17. The summed E-state index contributed by atoms with van der Waals surface area (Å²) in [6.07, 6.45) is 3.81. The zero-order valence-electron chi connectivity index (χ0n) is 11.1. The average molecular weight is 292 g/mol. The molecule has 0 saturated carbocycles. The van der Waals surface area contributed by atoms with Gasteiger partial charge in [0, 0.05) is 17.4 Å². The first-order valence-corrected chi connectivity index (χ1v) is 7.38. The van der Waals surface area contributed by atoms with Crippen molar-refractivity contribution in [2.75, 3.05) is 5.73 Å². The first-order valence-electron chi connectivity index (χ1n) is 6.56. The Bertz CT molecular complexity index is 890. The predicted octanol–water partition coefficient (Wildman–Crippen LogP) is 3.73. The standard InChI is InChI=1S/C16H12N4S/c17-13-5-3-4-11(8-13)12-9-18-20(10-12)16-19-14-6-1-2-7-15(14)21-16/h1-10H,17H2. The highest BCUT2D eigenvalue weighted by Crippen LogP contribution is 2.26. The van der Waals surface area contributed by atoms with Gasteiger partial charge >= 0.3 is 0 Å². The Balaban J connectivity index is 1.77. The highest BCUT2D eigenvalue weighted by Gasteiger charge is 2.08. The van der Waals surface area contributed by atoms with Gasteiger partial charge in [-0.15, -0.1) is 0 Å². The Morgan fingerprint density at radius 3 is 2.76 bits per heavy atom. The molecule has 21 heavy (non-hydrogen) atoms. The van der Waals surface area contributed by atoms with Gasteiger partial charge in [0.2, 0.25) is 5.13 Å². The van der Waals surface area contributed by atoms with Gasteiger partial charge < -0.3 is 5.73 Å². The van der Waals surface area contributed by atoms with Crippen molar-refractivity contribution in [3.05, 3.63) is 60.9 Å². The Labute approximate surface area is 125 Å². The second-order valence-electron chi connectivity index (χ2n) is 4.76. The van der Waals surface area contributed by atoms with Gasteiger partial charge in [-0.25, -0.2) is 9.67 Å². The molecule has 4 nitrogen and oxygen atoms in total. The second kappa shape index (κ2) is 4.71. The lowest BCUT2D eigenvalue weighted by molar-refractivity contribution is 0.873. The van der Waals surface area contributed by atoms with Crippen molar-refractivity contribution >= 4 is 27.2 Å².